The number of carbonyl (C=O) groups is 1. The number of unbranched alkanes of at least 4 members (excludes halogenated alkanes) is 1. The van der Waals surface area contributed by atoms with Crippen molar-refractivity contribution in [3.05, 3.63) is 29.8 Å². The van der Waals surface area contributed by atoms with E-state index in [0.717, 1.165) is 12.8 Å². The third-order valence-electron chi connectivity index (χ3n) is 2.50. The summed E-state index contributed by atoms with van der Waals surface area (Å²) in [4.78, 5) is 13.8. The molecule has 0 aliphatic heterocycles. The molecule has 0 fully saturated rings. The predicted octanol–water partition coefficient (Wildman–Crippen LogP) is 2.14. The summed E-state index contributed by atoms with van der Waals surface area (Å²) in [5.74, 6) is -0.212. The molecule has 1 aromatic carbocycles. The Balaban J connectivity index is 2.92. The van der Waals surface area contributed by atoms with Gasteiger partial charge in [-0.25, -0.2) is 4.21 Å². The Morgan fingerprint density at radius 1 is 1.41 bits per heavy atom. The van der Waals surface area contributed by atoms with Crippen LogP contribution >= 0.6 is 0 Å². The number of amides is 1. The molecule has 0 saturated carbocycles. The van der Waals surface area contributed by atoms with Crippen LogP contribution in [-0.4, -0.2) is 33.2 Å². The van der Waals surface area contributed by atoms with Crippen LogP contribution in [0.5, 0.6) is 0 Å². The molecule has 1 N–H and O–H groups in total. The van der Waals surface area contributed by atoms with Gasteiger partial charge >= 0.3 is 0 Å². The molecule has 0 spiro atoms. The van der Waals surface area contributed by atoms with Crippen molar-refractivity contribution in [1.29, 1.82) is 0 Å². The Hall–Kier alpha value is -1.20. The lowest BCUT2D eigenvalue weighted by atomic mass is 10.2. The van der Waals surface area contributed by atoms with E-state index in [9.17, 15) is 9.00 Å². The van der Waals surface area contributed by atoms with Gasteiger partial charge in [0, 0.05) is 13.6 Å². The zero-order valence-corrected chi connectivity index (χ0v) is 10.9. The molecule has 1 amide bonds. The first-order valence-corrected chi connectivity index (χ1v) is 6.64. The fraction of sp³-hybridized carbons (Fsp3) is 0.417. The van der Waals surface area contributed by atoms with E-state index in [1.54, 1.807) is 30.1 Å². The molecule has 0 aliphatic rings. The van der Waals surface area contributed by atoms with E-state index < -0.39 is 11.1 Å². The van der Waals surface area contributed by atoms with Crippen LogP contribution in [0, 0.1) is 0 Å². The van der Waals surface area contributed by atoms with Crippen LogP contribution in [0.2, 0.25) is 0 Å². The lowest BCUT2D eigenvalue weighted by Gasteiger charge is -2.17. The van der Waals surface area contributed by atoms with E-state index in [4.69, 9.17) is 4.55 Å². The second-order valence-corrected chi connectivity index (χ2v) is 4.76. The maximum atomic E-state index is 12.1. The standard InChI is InChI=1S/C12H17NO3S/c1-3-4-9-13(2)12(14)10-7-5-6-8-11(10)17(15)16/h5-8H,3-4,9H2,1-2H3,(H,15,16). The van der Waals surface area contributed by atoms with Gasteiger partial charge in [-0.05, 0) is 18.6 Å². The third kappa shape index (κ3) is 3.64. The maximum absolute atomic E-state index is 12.1. The third-order valence-corrected chi connectivity index (χ3v) is 3.23. The fourth-order valence-electron chi connectivity index (χ4n) is 1.50. The molecule has 0 bridgehead atoms. The summed E-state index contributed by atoms with van der Waals surface area (Å²) in [6, 6.07) is 6.41. The Kier molecular flexibility index (Phi) is 5.31. The lowest BCUT2D eigenvalue weighted by molar-refractivity contribution is 0.0789. The summed E-state index contributed by atoms with van der Waals surface area (Å²) in [6.45, 7) is 2.71. The number of rotatable bonds is 5. The van der Waals surface area contributed by atoms with Crippen molar-refractivity contribution in [2.75, 3.05) is 13.6 Å². The van der Waals surface area contributed by atoms with Crippen LogP contribution in [0.25, 0.3) is 0 Å². The van der Waals surface area contributed by atoms with E-state index >= 15 is 0 Å². The van der Waals surface area contributed by atoms with Crippen molar-refractivity contribution in [3.8, 4) is 0 Å². The van der Waals surface area contributed by atoms with Crippen LogP contribution < -0.4 is 0 Å². The Bertz CT molecular complexity index is 420. The summed E-state index contributed by atoms with van der Waals surface area (Å²) >= 11 is -2.13. The molecule has 17 heavy (non-hydrogen) atoms. The second-order valence-electron chi connectivity index (χ2n) is 3.83. The topological polar surface area (TPSA) is 57.6 Å². The molecule has 1 unspecified atom stereocenters. The van der Waals surface area contributed by atoms with Gasteiger partial charge in [-0.2, -0.15) is 0 Å². The smallest absolute Gasteiger partial charge is 0.254 e. The SMILES string of the molecule is CCCCN(C)C(=O)c1ccccc1S(=O)O. The lowest BCUT2D eigenvalue weighted by Crippen LogP contribution is -2.28. The number of carbonyl (C=O) groups excluding carboxylic acids is 1. The van der Waals surface area contributed by atoms with Gasteiger partial charge in [0.25, 0.3) is 5.91 Å². The minimum atomic E-state index is -2.13. The molecule has 4 nitrogen and oxygen atoms in total. The predicted molar refractivity (Wildman–Crippen MR) is 67.3 cm³/mol. The van der Waals surface area contributed by atoms with Gasteiger partial charge in [0.05, 0.1) is 10.5 Å². The van der Waals surface area contributed by atoms with Crippen molar-refractivity contribution in [2.24, 2.45) is 0 Å². The highest BCUT2D eigenvalue weighted by molar-refractivity contribution is 7.79. The molecule has 0 aromatic heterocycles. The largest absolute Gasteiger partial charge is 0.342 e. The molecule has 0 radical (unpaired) electrons. The molecular weight excluding hydrogens is 238 g/mol. The first kappa shape index (κ1) is 13.9. The molecule has 1 aromatic rings. The molecular formula is C12H17NO3S. The van der Waals surface area contributed by atoms with Crippen LogP contribution in [-0.2, 0) is 11.1 Å². The molecule has 0 saturated heterocycles. The minimum Gasteiger partial charge on any atom is -0.342 e. The Morgan fingerprint density at radius 3 is 2.65 bits per heavy atom. The molecule has 94 valence electrons. The zero-order chi connectivity index (χ0) is 12.8. The fourth-order valence-corrected chi connectivity index (χ4v) is 2.04. The van der Waals surface area contributed by atoms with Gasteiger partial charge in [0.2, 0.25) is 0 Å². The highest BCUT2D eigenvalue weighted by Gasteiger charge is 2.17. The number of hydrogen-bond donors (Lipinski definition) is 1. The van der Waals surface area contributed by atoms with Gasteiger partial charge in [0.15, 0.2) is 11.1 Å². The van der Waals surface area contributed by atoms with E-state index in [0.29, 0.717) is 12.1 Å². The van der Waals surface area contributed by atoms with E-state index in [1.165, 1.54) is 6.07 Å². The van der Waals surface area contributed by atoms with Gasteiger partial charge < -0.3 is 9.45 Å². The average Bonchev–Trinajstić information content (AvgIpc) is 2.34. The number of nitrogens with zero attached hydrogens (tertiary/aromatic N) is 1. The van der Waals surface area contributed by atoms with Gasteiger partial charge in [0.1, 0.15) is 0 Å². The van der Waals surface area contributed by atoms with Gasteiger partial charge in [-0.3, -0.25) is 4.79 Å². The monoisotopic (exact) mass is 255 g/mol. The highest BCUT2D eigenvalue weighted by atomic mass is 32.2. The van der Waals surface area contributed by atoms with Crippen molar-refractivity contribution in [3.63, 3.8) is 0 Å². The van der Waals surface area contributed by atoms with Crippen LogP contribution in [0.3, 0.4) is 0 Å². The highest BCUT2D eigenvalue weighted by Crippen LogP contribution is 2.14. The Morgan fingerprint density at radius 2 is 2.06 bits per heavy atom. The molecule has 0 heterocycles. The first-order valence-electron chi connectivity index (χ1n) is 5.53. The quantitative estimate of drug-likeness (QED) is 0.820. The molecule has 5 heteroatoms. The van der Waals surface area contributed by atoms with E-state index in [2.05, 4.69) is 6.92 Å². The maximum Gasteiger partial charge on any atom is 0.254 e. The van der Waals surface area contributed by atoms with Crippen molar-refractivity contribution in [1.82, 2.24) is 4.90 Å². The van der Waals surface area contributed by atoms with Gasteiger partial charge in [-0.15, -0.1) is 0 Å². The Labute approximate surface area is 104 Å². The van der Waals surface area contributed by atoms with Crippen LogP contribution in [0.15, 0.2) is 29.2 Å². The summed E-state index contributed by atoms with van der Waals surface area (Å²) in [5, 5.41) is 0. The first-order chi connectivity index (χ1) is 8.07. The van der Waals surface area contributed by atoms with Crippen LogP contribution in [0.1, 0.15) is 30.1 Å². The molecule has 0 aliphatic carbocycles. The molecule has 1 atom stereocenters. The second kappa shape index (κ2) is 6.51. The summed E-state index contributed by atoms with van der Waals surface area (Å²) in [7, 11) is 1.70. The summed E-state index contributed by atoms with van der Waals surface area (Å²) < 4.78 is 20.2. The summed E-state index contributed by atoms with van der Waals surface area (Å²) in [6.07, 6.45) is 1.93. The van der Waals surface area contributed by atoms with E-state index in [-0.39, 0.29) is 10.8 Å². The molecule has 1 rings (SSSR count). The van der Waals surface area contributed by atoms with Crippen molar-refractivity contribution < 1.29 is 13.6 Å². The van der Waals surface area contributed by atoms with E-state index in [1.807, 2.05) is 0 Å². The number of benzene rings is 1. The van der Waals surface area contributed by atoms with Crippen molar-refractivity contribution in [2.45, 2.75) is 24.7 Å². The van der Waals surface area contributed by atoms with Crippen molar-refractivity contribution >= 4 is 17.0 Å². The normalized spacial score (nSPS) is 12.2. The summed E-state index contributed by atoms with van der Waals surface area (Å²) in [5.41, 5.74) is 0.298. The zero-order valence-electron chi connectivity index (χ0n) is 10.0. The average molecular weight is 255 g/mol. The van der Waals surface area contributed by atoms with Crippen LogP contribution in [0.4, 0.5) is 0 Å². The van der Waals surface area contributed by atoms with Gasteiger partial charge in [-0.1, -0.05) is 25.5 Å². The minimum absolute atomic E-state index is 0.167. The number of hydrogen-bond acceptors (Lipinski definition) is 2.